The molecule has 0 radical (unpaired) electrons. The van der Waals surface area contributed by atoms with Gasteiger partial charge in [-0.25, -0.2) is 4.98 Å². The predicted octanol–water partition coefficient (Wildman–Crippen LogP) is 5.03. The second-order valence-electron chi connectivity index (χ2n) is 6.71. The van der Waals surface area contributed by atoms with Crippen molar-refractivity contribution in [2.75, 3.05) is 37.7 Å². The van der Waals surface area contributed by atoms with E-state index in [9.17, 15) is 4.79 Å². The molecule has 0 unspecified atom stereocenters. The Balaban J connectivity index is 1.35. The van der Waals surface area contributed by atoms with Crippen molar-refractivity contribution >= 4 is 61.6 Å². The Labute approximate surface area is 187 Å². The highest BCUT2D eigenvalue weighted by atomic mass is 79.9. The van der Waals surface area contributed by atoms with E-state index in [0.717, 1.165) is 15.2 Å². The van der Waals surface area contributed by atoms with Crippen LogP contribution in [0, 0.1) is 0 Å². The highest BCUT2D eigenvalue weighted by Crippen LogP contribution is 2.33. The minimum Gasteiger partial charge on any atom is -0.483 e. The molecule has 1 aliphatic heterocycles. The zero-order chi connectivity index (χ0) is 20.4. The molecule has 3 aromatic rings. The van der Waals surface area contributed by atoms with E-state index in [2.05, 4.69) is 25.8 Å². The van der Waals surface area contributed by atoms with Gasteiger partial charge in [-0.05, 0) is 38.8 Å². The SMILES string of the molecule is O=C(COc1ccc2ccccc2c1Br)N1CCN(c2ncc(Cl)cc2Cl)CC1. The molecule has 1 amide bonds. The van der Waals surface area contributed by atoms with E-state index >= 15 is 0 Å². The van der Waals surface area contributed by atoms with Gasteiger partial charge < -0.3 is 14.5 Å². The molecule has 0 bridgehead atoms. The number of pyridine rings is 1. The Hall–Kier alpha value is -2.02. The fourth-order valence-corrected chi connectivity index (χ4v) is 4.47. The van der Waals surface area contributed by atoms with E-state index in [1.54, 1.807) is 17.2 Å². The molecule has 8 heteroatoms. The summed E-state index contributed by atoms with van der Waals surface area (Å²) < 4.78 is 6.66. The number of anilines is 1. The fourth-order valence-electron chi connectivity index (χ4n) is 3.36. The Morgan fingerprint density at radius 1 is 1.10 bits per heavy atom. The molecular formula is C21H18BrCl2N3O2. The van der Waals surface area contributed by atoms with Crippen LogP contribution in [0.15, 0.2) is 53.1 Å². The topological polar surface area (TPSA) is 45.7 Å². The van der Waals surface area contributed by atoms with Crippen molar-refractivity contribution in [3.05, 3.63) is 63.2 Å². The molecule has 150 valence electrons. The number of ether oxygens (including phenoxy) is 1. The molecule has 1 aromatic heterocycles. The first-order chi connectivity index (χ1) is 14.0. The average molecular weight is 495 g/mol. The van der Waals surface area contributed by atoms with Crippen molar-refractivity contribution in [3.63, 3.8) is 0 Å². The molecule has 2 aromatic carbocycles. The standard InChI is InChI=1S/C21H18BrCl2N3O2/c22-20-16-4-2-1-3-14(16)5-6-18(20)29-13-19(28)26-7-9-27(10-8-26)21-17(24)11-15(23)12-25-21/h1-6,11-12H,7-10,13H2. The highest BCUT2D eigenvalue weighted by molar-refractivity contribution is 9.10. The molecule has 0 N–H and O–H groups in total. The van der Waals surface area contributed by atoms with E-state index in [1.807, 2.05) is 36.4 Å². The summed E-state index contributed by atoms with van der Waals surface area (Å²) >= 11 is 15.7. The molecule has 2 heterocycles. The van der Waals surface area contributed by atoms with Gasteiger partial charge in [0.1, 0.15) is 11.6 Å². The van der Waals surface area contributed by atoms with Gasteiger partial charge in [-0.15, -0.1) is 0 Å². The number of amides is 1. The number of carbonyl (C=O) groups is 1. The zero-order valence-corrected chi connectivity index (χ0v) is 18.5. The monoisotopic (exact) mass is 493 g/mol. The van der Waals surface area contributed by atoms with Crippen LogP contribution >= 0.6 is 39.1 Å². The highest BCUT2D eigenvalue weighted by Gasteiger charge is 2.23. The van der Waals surface area contributed by atoms with E-state index < -0.39 is 0 Å². The summed E-state index contributed by atoms with van der Waals surface area (Å²) in [5, 5.41) is 3.19. The molecule has 0 aliphatic carbocycles. The van der Waals surface area contributed by atoms with Gasteiger partial charge >= 0.3 is 0 Å². The molecule has 0 atom stereocenters. The van der Waals surface area contributed by atoms with E-state index in [4.69, 9.17) is 27.9 Å². The zero-order valence-electron chi connectivity index (χ0n) is 15.4. The number of hydrogen-bond donors (Lipinski definition) is 0. The lowest BCUT2D eigenvalue weighted by Crippen LogP contribution is -2.50. The molecule has 0 saturated carbocycles. The van der Waals surface area contributed by atoms with Crippen LogP contribution in [0.5, 0.6) is 5.75 Å². The minimum atomic E-state index is -0.0418. The lowest BCUT2D eigenvalue weighted by molar-refractivity contribution is -0.133. The maximum Gasteiger partial charge on any atom is 0.260 e. The Morgan fingerprint density at radius 2 is 1.86 bits per heavy atom. The second-order valence-corrected chi connectivity index (χ2v) is 8.35. The van der Waals surface area contributed by atoms with Crippen LogP contribution in [0.3, 0.4) is 0 Å². The van der Waals surface area contributed by atoms with Gasteiger partial charge in [0.2, 0.25) is 0 Å². The molecule has 1 fully saturated rings. The number of piperazine rings is 1. The number of carbonyl (C=O) groups excluding carboxylic acids is 1. The second kappa shape index (κ2) is 8.78. The van der Waals surface area contributed by atoms with Gasteiger partial charge in [-0.2, -0.15) is 0 Å². The first-order valence-corrected chi connectivity index (χ1v) is 10.7. The summed E-state index contributed by atoms with van der Waals surface area (Å²) in [7, 11) is 0. The lowest BCUT2D eigenvalue weighted by atomic mass is 10.1. The maximum absolute atomic E-state index is 12.6. The lowest BCUT2D eigenvalue weighted by Gasteiger charge is -2.35. The normalized spacial score (nSPS) is 14.3. The summed E-state index contributed by atoms with van der Waals surface area (Å²) in [5.41, 5.74) is 0. The summed E-state index contributed by atoms with van der Waals surface area (Å²) in [6, 6.07) is 13.6. The Bertz CT molecular complexity index is 1060. The van der Waals surface area contributed by atoms with Crippen molar-refractivity contribution in [3.8, 4) is 5.75 Å². The van der Waals surface area contributed by atoms with Crippen LogP contribution in [-0.2, 0) is 4.79 Å². The molecule has 4 rings (SSSR count). The Morgan fingerprint density at radius 3 is 2.62 bits per heavy atom. The van der Waals surface area contributed by atoms with E-state index in [0.29, 0.717) is 47.8 Å². The maximum atomic E-state index is 12.6. The van der Waals surface area contributed by atoms with Gasteiger partial charge in [0.15, 0.2) is 6.61 Å². The number of fused-ring (bicyclic) bond motifs is 1. The Kier molecular flexibility index (Phi) is 6.13. The summed E-state index contributed by atoms with van der Waals surface area (Å²) in [6.07, 6.45) is 1.58. The summed E-state index contributed by atoms with van der Waals surface area (Å²) in [5.74, 6) is 1.31. The van der Waals surface area contributed by atoms with Crippen molar-refractivity contribution in [1.29, 1.82) is 0 Å². The van der Waals surface area contributed by atoms with Crippen molar-refractivity contribution in [2.45, 2.75) is 0 Å². The number of aromatic nitrogens is 1. The molecule has 0 spiro atoms. The van der Waals surface area contributed by atoms with Gasteiger partial charge in [0.25, 0.3) is 5.91 Å². The minimum absolute atomic E-state index is 0.00308. The number of rotatable bonds is 4. The number of benzene rings is 2. The van der Waals surface area contributed by atoms with Crippen LogP contribution in [0.25, 0.3) is 10.8 Å². The third-order valence-electron chi connectivity index (χ3n) is 4.90. The van der Waals surface area contributed by atoms with Crippen LogP contribution < -0.4 is 9.64 Å². The molecule has 29 heavy (non-hydrogen) atoms. The molecule has 5 nitrogen and oxygen atoms in total. The first kappa shape index (κ1) is 20.3. The van der Waals surface area contributed by atoms with Crippen molar-refractivity contribution in [2.24, 2.45) is 0 Å². The third kappa shape index (κ3) is 4.44. The number of hydrogen-bond acceptors (Lipinski definition) is 4. The predicted molar refractivity (Wildman–Crippen MR) is 120 cm³/mol. The number of nitrogens with zero attached hydrogens (tertiary/aromatic N) is 3. The van der Waals surface area contributed by atoms with Crippen LogP contribution in [-0.4, -0.2) is 48.6 Å². The number of halogens is 3. The third-order valence-corrected chi connectivity index (χ3v) is 6.20. The van der Waals surface area contributed by atoms with E-state index in [1.165, 1.54) is 0 Å². The van der Waals surface area contributed by atoms with Gasteiger partial charge in [0, 0.05) is 32.4 Å². The smallest absolute Gasteiger partial charge is 0.260 e. The summed E-state index contributed by atoms with van der Waals surface area (Å²) in [4.78, 5) is 20.8. The van der Waals surface area contributed by atoms with Gasteiger partial charge in [0.05, 0.1) is 14.5 Å². The van der Waals surface area contributed by atoms with Crippen LogP contribution in [0.1, 0.15) is 0 Å². The summed E-state index contributed by atoms with van der Waals surface area (Å²) in [6.45, 7) is 2.47. The fraction of sp³-hybridized carbons (Fsp3) is 0.238. The first-order valence-electron chi connectivity index (χ1n) is 9.17. The molecule has 1 saturated heterocycles. The largest absolute Gasteiger partial charge is 0.483 e. The average Bonchev–Trinajstić information content (AvgIpc) is 2.73. The van der Waals surface area contributed by atoms with Crippen molar-refractivity contribution < 1.29 is 9.53 Å². The van der Waals surface area contributed by atoms with Gasteiger partial charge in [-0.1, -0.05) is 53.5 Å². The quantitative estimate of drug-likeness (QED) is 0.510. The van der Waals surface area contributed by atoms with Gasteiger partial charge in [-0.3, -0.25) is 4.79 Å². The molecule has 1 aliphatic rings. The van der Waals surface area contributed by atoms with Crippen LogP contribution in [0.4, 0.5) is 5.82 Å². The van der Waals surface area contributed by atoms with Crippen molar-refractivity contribution in [1.82, 2.24) is 9.88 Å². The van der Waals surface area contributed by atoms with E-state index in [-0.39, 0.29) is 12.5 Å². The molecular weight excluding hydrogens is 477 g/mol. The van der Waals surface area contributed by atoms with Crippen LogP contribution in [0.2, 0.25) is 10.0 Å².